The molecule has 1 atom stereocenters. The summed E-state index contributed by atoms with van der Waals surface area (Å²) in [4.78, 5) is 3.95. The predicted octanol–water partition coefficient (Wildman–Crippen LogP) is 0.720. The lowest BCUT2D eigenvalue weighted by atomic mass is 10.2. The van der Waals surface area contributed by atoms with Gasteiger partial charge in [0.25, 0.3) is 0 Å². The zero-order valence-corrected chi connectivity index (χ0v) is 8.76. The predicted molar refractivity (Wildman–Crippen MR) is 55.1 cm³/mol. The minimum Gasteiger partial charge on any atom is -0.302 e. The van der Waals surface area contributed by atoms with Crippen LogP contribution in [0, 0.1) is 11.3 Å². The van der Waals surface area contributed by atoms with E-state index in [4.69, 9.17) is 9.81 Å². The van der Waals surface area contributed by atoms with Gasteiger partial charge in [-0.2, -0.15) is 10.4 Å². The van der Waals surface area contributed by atoms with Crippen LogP contribution in [-0.2, 0) is 11.1 Å². The average molecular weight is 234 g/mol. The number of nitrogens with zero attached hydrogens (tertiary/aromatic N) is 4. The van der Waals surface area contributed by atoms with Crippen LogP contribution >= 0.6 is 0 Å². The van der Waals surface area contributed by atoms with Gasteiger partial charge in [0.05, 0.1) is 16.1 Å². The van der Waals surface area contributed by atoms with E-state index in [1.807, 2.05) is 6.07 Å². The second kappa shape index (κ2) is 4.22. The molecule has 0 saturated heterocycles. The molecule has 0 saturated carbocycles. The molecule has 80 valence electrons. The molecule has 6 nitrogen and oxygen atoms in total. The van der Waals surface area contributed by atoms with Crippen molar-refractivity contribution in [2.24, 2.45) is 0 Å². The van der Waals surface area contributed by atoms with Crippen molar-refractivity contribution in [3.05, 3.63) is 36.4 Å². The lowest BCUT2D eigenvalue weighted by molar-refractivity contribution is 0.564. The van der Waals surface area contributed by atoms with Crippen molar-refractivity contribution >= 4 is 11.1 Å². The maximum Gasteiger partial charge on any atom is 0.186 e. The third kappa shape index (κ3) is 1.84. The van der Waals surface area contributed by atoms with Gasteiger partial charge in [0.2, 0.25) is 0 Å². The summed E-state index contributed by atoms with van der Waals surface area (Å²) < 4.78 is 21.1. The fourth-order valence-corrected chi connectivity index (χ4v) is 1.65. The van der Waals surface area contributed by atoms with Crippen LogP contribution in [0.5, 0.6) is 0 Å². The van der Waals surface area contributed by atoms with Crippen LogP contribution in [0.2, 0.25) is 0 Å². The van der Waals surface area contributed by atoms with Gasteiger partial charge in [0.1, 0.15) is 18.7 Å². The lowest BCUT2D eigenvalue weighted by Gasteiger charge is -2.03. The van der Waals surface area contributed by atoms with Crippen LogP contribution in [-0.4, -0.2) is 23.5 Å². The Kier molecular flexibility index (Phi) is 2.76. The Balaban J connectivity index is 2.57. The molecule has 0 amide bonds. The highest BCUT2D eigenvalue weighted by Gasteiger charge is 2.08. The highest BCUT2D eigenvalue weighted by molar-refractivity contribution is 7.79. The van der Waals surface area contributed by atoms with Gasteiger partial charge in [-0.25, -0.2) is 13.9 Å². The molecule has 16 heavy (non-hydrogen) atoms. The molecule has 1 heterocycles. The van der Waals surface area contributed by atoms with Gasteiger partial charge < -0.3 is 4.55 Å². The molecule has 0 fully saturated rings. The van der Waals surface area contributed by atoms with E-state index in [0.29, 0.717) is 5.69 Å². The van der Waals surface area contributed by atoms with Gasteiger partial charge in [-0.3, -0.25) is 0 Å². The summed E-state index contributed by atoms with van der Waals surface area (Å²) in [5, 5.41) is 12.8. The Hall–Kier alpha value is -2.04. The molecule has 2 rings (SSSR count). The Labute approximate surface area is 93.5 Å². The molecular formula is C9H6N4O2S. The third-order valence-electron chi connectivity index (χ3n) is 1.96. The number of rotatable bonds is 2. The first-order valence-corrected chi connectivity index (χ1v) is 5.33. The highest BCUT2D eigenvalue weighted by atomic mass is 32.2. The van der Waals surface area contributed by atoms with Gasteiger partial charge in [0.15, 0.2) is 11.1 Å². The Morgan fingerprint density at radius 2 is 2.31 bits per heavy atom. The second-order valence-corrected chi connectivity index (χ2v) is 3.85. The summed E-state index contributed by atoms with van der Waals surface area (Å²) in [5.41, 5.74) is 0.791. The summed E-state index contributed by atoms with van der Waals surface area (Å²) in [6, 6.07) is 6.32. The molecule has 1 aromatic carbocycles. The summed E-state index contributed by atoms with van der Waals surface area (Å²) in [5.74, 6) is 0. The van der Waals surface area contributed by atoms with Crippen molar-refractivity contribution < 1.29 is 8.76 Å². The molecule has 1 N–H and O–H groups in total. The maximum absolute atomic E-state index is 10.8. The van der Waals surface area contributed by atoms with Crippen molar-refractivity contribution in [2.45, 2.75) is 4.90 Å². The van der Waals surface area contributed by atoms with Crippen LogP contribution < -0.4 is 0 Å². The molecule has 7 heteroatoms. The molecule has 0 bridgehead atoms. The second-order valence-electron chi connectivity index (χ2n) is 2.88. The number of nitriles is 1. The molecular weight excluding hydrogens is 228 g/mol. The highest BCUT2D eigenvalue weighted by Crippen LogP contribution is 2.16. The van der Waals surface area contributed by atoms with Crippen molar-refractivity contribution in [3.8, 4) is 11.8 Å². The van der Waals surface area contributed by atoms with Crippen LogP contribution in [0.3, 0.4) is 0 Å². The van der Waals surface area contributed by atoms with Gasteiger partial charge in [0, 0.05) is 0 Å². The van der Waals surface area contributed by atoms with Crippen LogP contribution in [0.1, 0.15) is 5.56 Å². The van der Waals surface area contributed by atoms with Crippen LogP contribution in [0.4, 0.5) is 0 Å². The Morgan fingerprint density at radius 3 is 2.88 bits per heavy atom. The van der Waals surface area contributed by atoms with E-state index in [2.05, 4.69) is 10.1 Å². The Bertz CT molecular complexity index is 574. The SMILES string of the molecule is N#Cc1cc(S(=O)O)ccc1-n1cncn1. The molecule has 2 aromatic rings. The van der Waals surface area contributed by atoms with Gasteiger partial charge in [-0.1, -0.05) is 0 Å². The lowest BCUT2D eigenvalue weighted by Crippen LogP contribution is -1.99. The number of hydrogen-bond donors (Lipinski definition) is 1. The molecule has 0 aliphatic carbocycles. The van der Waals surface area contributed by atoms with E-state index >= 15 is 0 Å². The normalized spacial score (nSPS) is 12.0. The van der Waals surface area contributed by atoms with E-state index in [0.717, 1.165) is 0 Å². The monoisotopic (exact) mass is 234 g/mol. The standard InChI is InChI=1S/C9H6N4O2S/c10-4-7-3-8(16(14)15)1-2-9(7)13-6-11-5-12-13/h1-3,5-6H,(H,14,15). The summed E-state index contributed by atoms with van der Waals surface area (Å²) >= 11 is -2.09. The minimum atomic E-state index is -2.09. The summed E-state index contributed by atoms with van der Waals surface area (Å²) in [6.07, 6.45) is 2.80. The molecule has 0 radical (unpaired) electrons. The zero-order valence-electron chi connectivity index (χ0n) is 7.94. The molecule has 0 aliphatic heterocycles. The minimum absolute atomic E-state index is 0.181. The fraction of sp³-hybridized carbons (Fsp3) is 0. The first-order valence-electron chi connectivity index (χ1n) is 4.22. The van der Waals surface area contributed by atoms with E-state index in [1.165, 1.54) is 29.5 Å². The summed E-state index contributed by atoms with van der Waals surface area (Å²) in [6.45, 7) is 0. The van der Waals surface area contributed by atoms with Gasteiger partial charge in [-0.15, -0.1) is 0 Å². The summed E-state index contributed by atoms with van der Waals surface area (Å²) in [7, 11) is 0. The number of benzene rings is 1. The first-order chi connectivity index (χ1) is 7.72. The van der Waals surface area contributed by atoms with Crippen molar-refractivity contribution in [1.82, 2.24) is 14.8 Å². The Morgan fingerprint density at radius 1 is 1.50 bits per heavy atom. The van der Waals surface area contributed by atoms with Crippen molar-refractivity contribution in [2.75, 3.05) is 0 Å². The molecule has 1 aromatic heterocycles. The van der Waals surface area contributed by atoms with Gasteiger partial charge >= 0.3 is 0 Å². The number of hydrogen-bond acceptors (Lipinski definition) is 4. The van der Waals surface area contributed by atoms with E-state index in [-0.39, 0.29) is 10.5 Å². The third-order valence-corrected chi connectivity index (χ3v) is 2.61. The van der Waals surface area contributed by atoms with Crippen LogP contribution in [0.25, 0.3) is 5.69 Å². The topological polar surface area (TPSA) is 91.8 Å². The molecule has 1 unspecified atom stereocenters. The largest absolute Gasteiger partial charge is 0.302 e. The van der Waals surface area contributed by atoms with Crippen molar-refractivity contribution in [3.63, 3.8) is 0 Å². The van der Waals surface area contributed by atoms with E-state index < -0.39 is 11.1 Å². The number of aromatic nitrogens is 3. The fourth-order valence-electron chi connectivity index (χ4n) is 1.25. The molecule has 0 spiro atoms. The van der Waals surface area contributed by atoms with Gasteiger partial charge in [-0.05, 0) is 18.2 Å². The van der Waals surface area contributed by atoms with E-state index in [1.54, 1.807) is 6.07 Å². The van der Waals surface area contributed by atoms with E-state index in [9.17, 15) is 4.21 Å². The first kappa shape index (κ1) is 10.5. The van der Waals surface area contributed by atoms with Crippen molar-refractivity contribution in [1.29, 1.82) is 5.26 Å². The zero-order chi connectivity index (χ0) is 11.5. The van der Waals surface area contributed by atoms with Crippen LogP contribution in [0.15, 0.2) is 35.7 Å². The maximum atomic E-state index is 10.8. The molecule has 0 aliphatic rings. The smallest absolute Gasteiger partial charge is 0.186 e. The average Bonchev–Trinajstić information content (AvgIpc) is 2.81. The quantitative estimate of drug-likeness (QED) is 0.773.